The molecule has 0 saturated carbocycles. The first-order valence-corrected chi connectivity index (χ1v) is 8.98. The summed E-state index contributed by atoms with van der Waals surface area (Å²) < 4.78 is 5.82. The van der Waals surface area contributed by atoms with Crippen molar-refractivity contribution < 1.29 is 24.2 Å². The fourth-order valence-corrected chi connectivity index (χ4v) is 3.38. The SMILES string of the molecule is N#Cc1ccccc1COc1ccccc1/C=C1/SC(=O)N(CC(=O)O)C1=O. The van der Waals surface area contributed by atoms with Crippen LogP contribution >= 0.6 is 11.8 Å². The molecule has 1 aliphatic rings. The van der Waals surface area contributed by atoms with E-state index in [2.05, 4.69) is 6.07 Å². The van der Waals surface area contributed by atoms with Gasteiger partial charge in [0.1, 0.15) is 18.9 Å². The third-order valence-corrected chi connectivity index (χ3v) is 4.80. The summed E-state index contributed by atoms with van der Waals surface area (Å²) in [5, 5.41) is 17.4. The maximum Gasteiger partial charge on any atom is 0.323 e. The maximum atomic E-state index is 12.3. The van der Waals surface area contributed by atoms with Crippen molar-refractivity contribution in [2.75, 3.05) is 6.54 Å². The van der Waals surface area contributed by atoms with Crippen LogP contribution in [0.3, 0.4) is 0 Å². The van der Waals surface area contributed by atoms with Gasteiger partial charge < -0.3 is 9.84 Å². The van der Waals surface area contributed by atoms with Crippen molar-refractivity contribution in [1.29, 1.82) is 5.26 Å². The van der Waals surface area contributed by atoms with Crippen LogP contribution in [0.1, 0.15) is 16.7 Å². The van der Waals surface area contributed by atoms with Crippen molar-refractivity contribution in [3.8, 4) is 11.8 Å². The summed E-state index contributed by atoms with van der Waals surface area (Å²) in [7, 11) is 0. The molecule has 28 heavy (non-hydrogen) atoms. The second-order valence-corrected chi connectivity index (χ2v) is 6.75. The van der Waals surface area contributed by atoms with E-state index >= 15 is 0 Å². The highest BCUT2D eigenvalue weighted by Gasteiger charge is 2.36. The average Bonchev–Trinajstić information content (AvgIpc) is 2.94. The Kier molecular flexibility index (Phi) is 5.77. The number of rotatable bonds is 6. The quantitative estimate of drug-likeness (QED) is 0.749. The highest BCUT2D eigenvalue weighted by atomic mass is 32.2. The fourth-order valence-electron chi connectivity index (χ4n) is 2.55. The standard InChI is InChI=1S/C20H14N2O5S/c21-10-14-6-1-2-7-15(14)12-27-16-8-4-3-5-13(16)9-17-19(25)22(11-18(23)24)20(26)28-17/h1-9H,11-12H2,(H,23,24)/b17-9+. The molecule has 1 heterocycles. The molecule has 2 amide bonds. The van der Waals surface area contributed by atoms with Crippen LogP contribution in [-0.4, -0.2) is 33.7 Å². The molecule has 0 bridgehead atoms. The zero-order valence-corrected chi connectivity index (χ0v) is 15.3. The number of benzene rings is 2. The number of carboxylic acids is 1. The van der Waals surface area contributed by atoms with E-state index < -0.39 is 23.7 Å². The van der Waals surface area contributed by atoms with Gasteiger partial charge in [-0.1, -0.05) is 36.4 Å². The van der Waals surface area contributed by atoms with Crippen molar-refractivity contribution in [1.82, 2.24) is 4.90 Å². The van der Waals surface area contributed by atoms with Crippen LogP contribution in [-0.2, 0) is 16.2 Å². The number of aliphatic carboxylic acids is 1. The predicted octanol–water partition coefficient (Wildman–Crippen LogP) is 3.26. The number of carboxylic acid groups (broad SMARTS) is 1. The molecule has 2 aromatic carbocycles. The second kappa shape index (κ2) is 8.41. The minimum atomic E-state index is -1.26. The van der Waals surface area contributed by atoms with Gasteiger partial charge in [0.05, 0.1) is 16.5 Å². The molecule has 1 aliphatic heterocycles. The summed E-state index contributed by atoms with van der Waals surface area (Å²) in [6.07, 6.45) is 1.50. The van der Waals surface area contributed by atoms with Crippen LogP contribution in [0.2, 0.25) is 0 Å². The molecular weight excluding hydrogens is 380 g/mol. The Balaban J connectivity index is 1.82. The molecule has 1 fully saturated rings. The van der Waals surface area contributed by atoms with Gasteiger partial charge in [-0.3, -0.25) is 19.3 Å². The molecule has 7 nitrogen and oxygen atoms in total. The second-order valence-electron chi connectivity index (χ2n) is 5.76. The Morgan fingerprint density at radius 2 is 1.89 bits per heavy atom. The number of hydrogen-bond donors (Lipinski definition) is 1. The van der Waals surface area contributed by atoms with E-state index in [-0.39, 0.29) is 11.5 Å². The molecule has 0 aliphatic carbocycles. The number of nitrogens with zero attached hydrogens (tertiary/aromatic N) is 2. The number of nitriles is 1. The Morgan fingerprint density at radius 3 is 2.64 bits per heavy atom. The lowest BCUT2D eigenvalue weighted by atomic mass is 10.1. The zero-order chi connectivity index (χ0) is 20.1. The first kappa shape index (κ1) is 19.2. The van der Waals surface area contributed by atoms with E-state index in [4.69, 9.17) is 15.1 Å². The van der Waals surface area contributed by atoms with Gasteiger partial charge in [-0.15, -0.1) is 0 Å². The van der Waals surface area contributed by atoms with Gasteiger partial charge in [-0.2, -0.15) is 5.26 Å². The van der Waals surface area contributed by atoms with Gasteiger partial charge in [0.2, 0.25) is 0 Å². The molecule has 0 aromatic heterocycles. The first-order valence-electron chi connectivity index (χ1n) is 8.16. The van der Waals surface area contributed by atoms with Crippen LogP contribution in [0.4, 0.5) is 4.79 Å². The molecule has 0 unspecified atom stereocenters. The van der Waals surface area contributed by atoms with Crippen LogP contribution in [0.15, 0.2) is 53.4 Å². The van der Waals surface area contributed by atoms with Crippen LogP contribution < -0.4 is 4.74 Å². The molecule has 0 spiro atoms. The summed E-state index contributed by atoms with van der Waals surface area (Å²) >= 11 is 0.684. The van der Waals surface area contributed by atoms with Crippen LogP contribution in [0, 0.1) is 11.3 Å². The molecular formula is C20H14N2O5S. The number of amides is 2. The number of ether oxygens (including phenoxy) is 1. The molecule has 140 valence electrons. The topological polar surface area (TPSA) is 108 Å². The third kappa shape index (κ3) is 4.22. The van der Waals surface area contributed by atoms with Gasteiger partial charge in [0.15, 0.2) is 0 Å². The van der Waals surface area contributed by atoms with Crippen molar-refractivity contribution in [3.05, 3.63) is 70.1 Å². The number of imide groups is 1. The van der Waals surface area contributed by atoms with Crippen molar-refractivity contribution in [3.63, 3.8) is 0 Å². The normalized spacial score (nSPS) is 15.0. The summed E-state index contributed by atoms with van der Waals surface area (Å²) in [6.45, 7) is -0.514. The summed E-state index contributed by atoms with van der Waals surface area (Å²) in [5.74, 6) is -1.44. The van der Waals surface area contributed by atoms with Gasteiger partial charge in [-0.25, -0.2) is 0 Å². The number of carbonyl (C=O) groups excluding carboxylic acids is 2. The summed E-state index contributed by atoms with van der Waals surface area (Å²) in [4.78, 5) is 35.8. The largest absolute Gasteiger partial charge is 0.488 e. The third-order valence-electron chi connectivity index (χ3n) is 3.89. The fraction of sp³-hybridized carbons (Fsp3) is 0.100. The molecule has 0 radical (unpaired) electrons. The Bertz CT molecular complexity index is 1030. The average molecular weight is 394 g/mol. The lowest BCUT2D eigenvalue weighted by Crippen LogP contribution is -2.33. The van der Waals surface area contributed by atoms with E-state index in [1.54, 1.807) is 42.5 Å². The van der Waals surface area contributed by atoms with Crippen molar-refractivity contribution in [2.24, 2.45) is 0 Å². The Labute approximate surface area is 164 Å². The highest BCUT2D eigenvalue weighted by molar-refractivity contribution is 8.18. The Morgan fingerprint density at radius 1 is 1.18 bits per heavy atom. The van der Waals surface area contributed by atoms with Crippen LogP contribution in [0.25, 0.3) is 6.08 Å². The molecule has 0 atom stereocenters. The minimum absolute atomic E-state index is 0.125. The van der Waals surface area contributed by atoms with Gasteiger partial charge >= 0.3 is 5.97 Å². The number of para-hydroxylation sites is 1. The van der Waals surface area contributed by atoms with Gasteiger partial charge in [0, 0.05) is 11.1 Å². The lowest BCUT2D eigenvalue weighted by Gasteiger charge is -2.11. The number of carbonyl (C=O) groups is 3. The van der Waals surface area contributed by atoms with Crippen molar-refractivity contribution >= 4 is 35.0 Å². The molecule has 1 saturated heterocycles. The van der Waals surface area contributed by atoms with E-state index in [0.717, 1.165) is 5.56 Å². The summed E-state index contributed by atoms with van der Waals surface area (Å²) in [6, 6.07) is 16.1. The van der Waals surface area contributed by atoms with Crippen molar-refractivity contribution in [2.45, 2.75) is 6.61 Å². The zero-order valence-electron chi connectivity index (χ0n) is 14.5. The van der Waals surface area contributed by atoms with E-state index in [0.29, 0.717) is 33.5 Å². The Hall–Kier alpha value is -3.57. The highest BCUT2D eigenvalue weighted by Crippen LogP contribution is 2.34. The molecule has 2 aromatic rings. The lowest BCUT2D eigenvalue weighted by molar-refractivity contribution is -0.140. The van der Waals surface area contributed by atoms with Gasteiger partial charge in [-0.05, 0) is 30.0 Å². The summed E-state index contributed by atoms with van der Waals surface area (Å²) in [5.41, 5.74) is 1.80. The van der Waals surface area contributed by atoms with Crippen LogP contribution in [0.5, 0.6) is 5.75 Å². The smallest absolute Gasteiger partial charge is 0.323 e. The van der Waals surface area contributed by atoms with E-state index in [9.17, 15) is 14.4 Å². The monoisotopic (exact) mass is 394 g/mol. The van der Waals surface area contributed by atoms with Gasteiger partial charge in [0.25, 0.3) is 11.1 Å². The van der Waals surface area contributed by atoms with E-state index in [1.165, 1.54) is 6.08 Å². The number of thioether (sulfide) groups is 1. The molecule has 1 N–H and O–H groups in total. The maximum absolute atomic E-state index is 12.3. The van der Waals surface area contributed by atoms with E-state index in [1.807, 2.05) is 6.07 Å². The molecule has 8 heteroatoms. The first-order chi connectivity index (χ1) is 13.5. The predicted molar refractivity (Wildman–Crippen MR) is 102 cm³/mol. The molecule has 3 rings (SSSR count). The number of hydrogen-bond acceptors (Lipinski definition) is 6. The minimum Gasteiger partial charge on any atom is -0.488 e.